The fourth-order valence-corrected chi connectivity index (χ4v) is 4.68. The maximum atomic E-state index is 12.3. The zero-order valence-corrected chi connectivity index (χ0v) is 15.6. The van der Waals surface area contributed by atoms with Crippen LogP contribution in [0.2, 0.25) is 0 Å². The van der Waals surface area contributed by atoms with Crippen LogP contribution in [-0.4, -0.2) is 28.6 Å². The van der Waals surface area contributed by atoms with Crippen LogP contribution in [0.5, 0.6) is 0 Å². The van der Waals surface area contributed by atoms with E-state index in [1.807, 2.05) is 12.1 Å². The van der Waals surface area contributed by atoms with Crippen LogP contribution in [0.15, 0.2) is 59.5 Å². The number of hydrogen-bond donors (Lipinski definition) is 0. The van der Waals surface area contributed by atoms with E-state index < -0.39 is 17.8 Å². The van der Waals surface area contributed by atoms with E-state index in [1.54, 1.807) is 24.3 Å². The highest BCUT2D eigenvalue weighted by Gasteiger charge is 2.38. The molecule has 0 saturated carbocycles. The second-order valence-electron chi connectivity index (χ2n) is 6.76. The van der Waals surface area contributed by atoms with Gasteiger partial charge in [-0.2, -0.15) is 0 Å². The number of nitrogens with zero attached hydrogens (tertiary/aromatic N) is 1. The summed E-state index contributed by atoms with van der Waals surface area (Å²) in [7, 11) is 0. The van der Waals surface area contributed by atoms with E-state index in [2.05, 4.69) is 18.2 Å². The number of thioether (sulfide) groups is 1. The molecule has 3 aromatic carbocycles. The van der Waals surface area contributed by atoms with Crippen LogP contribution in [0.25, 0.3) is 10.8 Å². The molecule has 0 N–H and O–H groups in total. The molecule has 0 saturated heterocycles. The normalized spacial score (nSPS) is 14.6. The molecule has 138 valence electrons. The topological polar surface area (TPSA) is 63.7 Å². The van der Waals surface area contributed by atoms with E-state index in [-0.39, 0.29) is 16.9 Å². The lowest BCUT2D eigenvalue weighted by Gasteiger charge is -2.13. The smallest absolute Gasteiger partial charge is 0.329 e. The van der Waals surface area contributed by atoms with E-state index >= 15 is 0 Å². The summed E-state index contributed by atoms with van der Waals surface area (Å²) >= 11 is 1.35. The van der Waals surface area contributed by atoms with E-state index in [1.165, 1.54) is 28.3 Å². The van der Waals surface area contributed by atoms with Gasteiger partial charge < -0.3 is 4.84 Å². The Morgan fingerprint density at radius 3 is 2.29 bits per heavy atom. The zero-order valence-electron chi connectivity index (χ0n) is 14.8. The van der Waals surface area contributed by atoms with Crippen LogP contribution in [0, 0.1) is 0 Å². The molecule has 5 nitrogen and oxygen atoms in total. The van der Waals surface area contributed by atoms with E-state index in [4.69, 9.17) is 4.84 Å². The Labute approximate surface area is 165 Å². The minimum absolute atomic E-state index is 0.00603. The molecule has 28 heavy (non-hydrogen) atoms. The Balaban J connectivity index is 1.31. The lowest BCUT2D eigenvalue weighted by atomic mass is 10.1. The summed E-state index contributed by atoms with van der Waals surface area (Å²) in [6.07, 6.45) is 2.09. The van der Waals surface area contributed by atoms with Gasteiger partial charge in [0.1, 0.15) is 0 Å². The summed E-state index contributed by atoms with van der Waals surface area (Å²) in [4.78, 5) is 43.0. The zero-order chi connectivity index (χ0) is 19.3. The molecule has 0 unspecified atom stereocenters. The number of imide groups is 1. The number of hydrogen-bond acceptors (Lipinski definition) is 5. The third kappa shape index (κ3) is 2.60. The molecule has 5 rings (SSSR count). The first-order valence-corrected chi connectivity index (χ1v) is 9.97. The maximum absolute atomic E-state index is 12.3. The molecule has 0 spiro atoms. The van der Waals surface area contributed by atoms with Crippen LogP contribution in [0.1, 0.15) is 31.8 Å². The molecular weight excluding hydrogens is 374 g/mol. The SMILES string of the molecule is O=C(CSc1ccc2c3c(cccc13)CC2)ON1C(=O)c2ccccc2C1=O. The highest BCUT2D eigenvalue weighted by molar-refractivity contribution is 8.00. The molecule has 2 aliphatic rings. The average molecular weight is 389 g/mol. The number of fused-ring (bicyclic) bond motifs is 1. The Kier molecular flexibility index (Phi) is 3.94. The van der Waals surface area contributed by atoms with Crippen LogP contribution >= 0.6 is 11.8 Å². The predicted molar refractivity (Wildman–Crippen MR) is 105 cm³/mol. The third-order valence-corrected chi connectivity index (χ3v) is 6.18. The molecule has 0 fully saturated rings. The minimum atomic E-state index is -0.636. The van der Waals surface area contributed by atoms with Gasteiger partial charge in [0.15, 0.2) is 0 Å². The number of hydroxylamine groups is 2. The van der Waals surface area contributed by atoms with Crippen LogP contribution in [-0.2, 0) is 22.5 Å². The van der Waals surface area contributed by atoms with Gasteiger partial charge in [-0.3, -0.25) is 9.59 Å². The Morgan fingerprint density at radius 2 is 1.57 bits per heavy atom. The largest absolute Gasteiger partial charge is 0.343 e. The van der Waals surface area contributed by atoms with Gasteiger partial charge in [-0.15, -0.1) is 11.8 Å². The van der Waals surface area contributed by atoms with Crippen LogP contribution in [0.4, 0.5) is 0 Å². The molecule has 1 aliphatic heterocycles. The van der Waals surface area contributed by atoms with Crippen molar-refractivity contribution in [3.05, 3.63) is 76.9 Å². The molecule has 0 bridgehead atoms. The highest BCUT2D eigenvalue weighted by Crippen LogP contribution is 2.36. The summed E-state index contributed by atoms with van der Waals surface area (Å²) in [5.41, 5.74) is 3.17. The first-order chi connectivity index (χ1) is 13.6. The molecule has 1 aliphatic carbocycles. The molecule has 6 heteroatoms. The summed E-state index contributed by atoms with van der Waals surface area (Å²) in [6.45, 7) is 0. The standard InChI is InChI=1S/C22H15NO4S/c24-19(27-23-21(25)15-5-1-2-6-16(15)22(23)26)12-28-18-11-10-14-9-8-13-4-3-7-17(18)20(13)14/h1-7,10-11H,8-9,12H2. The molecule has 0 radical (unpaired) electrons. The van der Waals surface area contributed by atoms with Crippen molar-refractivity contribution in [3.63, 3.8) is 0 Å². The quantitative estimate of drug-likeness (QED) is 0.502. The van der Waals surface area contributed by atoms with Crippen LogP contribution < -0.4 is 0 Å². The lowest BCUT2D eigenvalue weighted by Crippen LogP contribution is -2.33. The average Bonchev–Trinajstić information content (AvgIpc) is 3.24. The van der Waals surface area contributed by atoms with Gasteiger partial charge in [-0.05, 0) is 52.9 Å². The van der Waals surface area contributed by atoms with E-state index in [0.717, 1.165) is 23.1 Å². The monoisotopic (exact) mass is 389 g/mol. The molecule has 1 heterocycles. The molecule has 3 aromatic rings. The van der Waals surface area contributed by atoms with Gasteiger partial charge in [-0.1, -0.05) is 41.5 Å². The van der Waals surface area contributed by atoms with E-state index in [9.17, 15) is 14.4 Å². The summed E-state index contributed by atoms with van der Waals surface area (Å²) in [5, 5.41) is 2.97. The number of rotatable bonds is 4. The lowest BCUT2D eigenvalue weighted by molar-refractivity contribution is -0.165. The molecular formula is C22H15NO4S. The number of aryl methyl sites for hydroxylation is 2. The van der Waals surface area contributed by atoms with Gasteiger partial charge >= 0.3 is 5.97 Å². The number of amides is 2. The van der Waals surface area contributed by atoms with Crippen molar-refractivity contribution in [2.75, 3.05) is 5.75 Å². The van der Waals surface area contributed by atoms with Crippen LogP contribution in [0.3, 0.4) is 0 Å². The Morgan fingerprint density at radius 1 is 0.893 bits per heavy atom. The predicted octanol–water partition coefficient (Wildman–Crippen LogP) is 3.78. The van der Waals surface area contributed by atoms with Crippen molar-refractivity contribution < 1.29 is 19.2 Å². The van der Waals surface area contributed by atoms with Crippen molar-refractivity contribution in [1.82, 2.24) is 5.06 Å². The van der Waals surface area contributed by atoms with E-state index in [0.29, 0.717) is 5.06 Å². The third-order valence-electron chi connectivity index (χ3n) is 5.13. The van der Waals surface area contributed by atoms with Crippen molar-refractivity contribution in [2.24, 2.45) is 0 Å². The van der Waals surface area contributed by atoms with Crippen molar-refractivity contribution >= 4 is 40.3 Å². The molecule has 0 atom stereocenters. The van der Waals surface area contributed by atoms with Gasteiger partial charge in [0.2, 0.25) is 0 Å². The fourth-order valence-electron chi connectivity index (χ4n) is 3.86. The molecule has 2 amide bonds. The number of carbonyl (C=O) groups is 3. The summed E-state index contributed by atoms with van der Waals surface area (Å²) in [6, 6.07) is 16.8. The van der Waals surface area contributed by atoms with Gasteiger partial charge in [-0.25, -0.2) is 4.79 Å². The second-order valence-corrected chi connectivity index (χ2v) is 7.78. The van der Waals surface area contributed by atoms with Gasteiger partial charge in [0.25, 0.3) is 11.8 Å². The summed E-state index contributed by atoms with van der Waals surface area (Å²) in [5.74, 6) is -1.84. The second kappa shape index (κ2) is 6.49. The van der Waals surface area contributed by atoms with Crippen molar-refractivity contribution in [3.8, 4) is 0 Å². The maximum Gasteiger partial charge on any atom is 0.343 e. The van der Waals surface area contributed by atoms with Crippen molar-refractivity contribution in [1.29, 1.82) is 0 Å². The first kappa shape index (κ1) is 17.0. The Bertz CT molecular complexity index is 1130. The molecule has 0 aromatic heterocycles. The number of carbonyl (C=O) groups excluding carboxylic acids is 3. The number of benzene rings is 3. The van der Waals surface area contributed by atoms with Crippen molar-refractivity contribution in [2.45, 2.75) is 17.7 Å². The van der Waals surface area contributed by atoms with Gasteiger partial charge in [0.05, 0.1) is 16.9 Å². The van der Waals surface area contributed by atoms with Gasteiger partial charge in [0, 0.05) is 4.90 Å². The highest BCUT2D eigenvalue weighted by atomic mass is 32.2. The Hall–Kier alpha value is -3.12. The summed E-state index contributed by atoms with van der Waals surface area (Å²) < 4.78 is 0. The fraction of sp³-hybridized carbons (Fsp3) is 0.136. The first-order valence-electron chi connectivity index (χ1n) is 8.98. The minimum Gasteiger partial charge on any atom is -0.329 e.